The standard InChI is InChI=1S/C27H39BrN4O5/c1-27(2,3)37-26(35)32-15-11-19(12-16-32)36-18-9-13-31(14-10-18)23-6-4-5-21(28)20(23)17-29-22-7-8-24(33)30-25(22)34/h4-6,18-19,22,29H,7-17H2,1-3H3,(H,30,33,34). The summed E-state index contributed by atoms with van der Waals surface area (Å²) in [7, 11) is 0. The van der Waals surface area contributed by atoms with Gasteiger partial charge >= 0.3 is 6.09 Å². The Labute approximate surface area is 227 Å². The summed E-state index contributed by atoms with van der Waals surface area (Å²) in [6, 6.07) is 5.82. The van der Waals surface area contributed by atoms with Crippen molar-refractivity contribution in [3.05, 3.63) is 28.2 Å². The number of ether oxygens (including phenoxy) is 2. The van der Waals surface area contributed by atoms with Gasteiger partial charge in [-0.25, -0.2) is 4.79 Å². The number of piperidine rings is 3. The Morgan fingerprint density at radius 1 is 1.05 bits per heavy atom. The van der Waals surface area contributed by atoms with Crippen molar-refractivity contribution in [1.82, 2.24) is 15.5 Å². The molecule has 3 aliphatic rings. The first-order valence-corrected chi connectivity index (χ1v) is 14.1. The fourth-order valence-electron chi connectivity index (χ4n) is 5.14. The van der Waals surface area contributed by atoms with Crippen molar-refractivity contribution in [3.63, 3.8) is 0 Å². The van der Waals surface area contributed by atoms with Gasteiger partial charge in [-0.2, -0.15) is 0 Å². The number of halogens is 1. The van der Waals surface area contributed by atoms with Crippen LogP contribution in [-0.2, 0) is 25.6 Å². The van der Waals surface area contributed by atoms with Gasteiger partial charge in [-0.3, -0.25) is 14.9 Å². The summed E-state index contributed by atoms with van der Waals surface area (Å²) in [5.74, 6) is -0.456. The Kier molecular flexibility index (Phi) is 9.13. The van der Waals surface area contributed by atoms with E-state index in [9.17, 15) is 14.4 Å². The average Bonchev–Trinajstić information content (AvgIpc) is 2.84. The Bertz CT molecular complexity index is 981. The van der Waals surface area contributed by atoms with Crippen LogP contribution in [0.3, 0.4) is 0 Å². The number of benzene rings is 1. The van der Waals surface area contributed by atoms with Crippen LogP contribution in [0.4, 0.5) is 10.5 Å². The van der Waals surface area contributed by atoms with Gasteiger partial charge in [0.15, 0.2) is 0 Å². The number of imide groups is 1. The highest BCUT2D eigenvalue weighted by molar-refractivity contribution is 9.10. The molecule has 3 heterocycles. The number of nitrogens with one attached hydrogen (secondary N) is 2. The summed E-state index contributed by atoms with van der Waals surface area (Å²) in [4.78, 5) is 40.1. The van der Waals surface area contributed by atoms with Crippen LogP contribution >= 0.6 is 15.9 Å². The Morgan fingerprint density at radius 3 is 2.32 bits per heavy atom. The van der Waals surface area contributed by atoms with Gasteiger partial charge < -0.3 is 24.6 Å². The van der Waals surface area contributed by atoms with Crippen molar-refractivity contribution >= 4 is 39.5 Å². The Morgan fingerprint density at radius 2 is 1.70 bits per heavy atom. The molecule has 1 atom stereocenters. The quantitative estimate of drug-likeness (QED) is 0.496. The van der Waals surface area contributed by atoms with E-state index in [0.717, 1.165) is 54.5 Å². The molecule has 0 radical (unpaired) electrons. The molecule has 0 saturated carbocycles. The van der Waals surface area contributed by atoms with Crippen molar-refractivity contribution in [2.24, 2.45) is 0 Å². The van der Waals surface area contributed by atoms with Crippen LogP contribution in [0.1, 0.15) is 64.9 Å². The summed E-state index contributed by atoms with van der Waals surface area (Å²) in [6.07, 6.45) is 4.58. The van der Waals surface area contributed by atoms with Crippen LogP contribution in [0, 0.1) is 0 Å². The third-order valence-electron chi connectivity index (χ3n) is 7.12. The van der Waals surface area contributed by atoms with E-state index in [-0.39, 0.29) is 36.2 Å². The second-order valence-electron chi connectivity index (χ2n) is 11.1. The topological polar surface area (TPSA) is 100 Å². The second kappa shape index (κ2) is 12.1. The first kappa shape index (κ1) is 27.9. The van der Waals surface area contributed by atoms with Gasteiger partial charge in [-0.15, -0.1) is 0 Å². The van der Waals surface area contributed by atoms with E-state index < -0.39 is 5.60 Å². The van der Waals surface area contributed by atoms with Crippen LogP contribution in [0.15, 0.2) is 22.7 Å². The zero-order valence-electron chi connectivity index (χ0n) is 22.1. The molecule has 2 N–H and O–H groups in total. The van der Waals surface area contributed by atoms with Crippen molar-refractivity contribution in [2.45, 2.75) is 89.7 Å². The smallest absolute Gasteiger partial charge is 0.410 e. The molecule has 37 heavy (non-hydrogen) atoms. The molecule has 3 fully saturated rings. The number of hydrogen-bond donors (Lipinski definition) is 2. The molecule has 0 aromatic heterocycles. The molecule has 0 spiro atoms. The summed E-state index contributed by atoms with van der Waals surface area (Å²) in [5, 5.41) is 5.74. The van der Waals surface area contributed by atoms with Crippen molar-refractivity contribution in [2.75, 3.05) is 31.1 Å². The van der Waals surface area contributed by atoms with E-state index in [1.54, 1.807) is 4.90 Å². The molecule has 204 valence electrons. The van der Waals surface area contributed by atoms with Gasteiger partial charge in [0.05, 0.1) is 18.2 Å². The zero-order chi connectivity index (χ0) is 26.6. The molecule has 0 bridgehead atoms. The highest BCUT2D eigenvalue weighted by atomic mass is 79.9. The maximum Gasteiger partial charge on any atom is 0.410 e. The molecule has 1 unspecified atom stereocenters. The maximum absolute atomic E-state index is 12.3. The molecule has 3 saturated heterocycles. The predicted molar refractivity (Wildman–Crippen MR) is 144 cm³/mol. The highest BCUT2D eigenvalue weighted by Gasteiger charge is 2.31. The van der Waals surface area contributed by atoms with Gasteiger partial charge in [-0.1, -0.05) is 22.0 Å². The first-order valence-electron chi connectivity index (χ1n) is 13.3. The molecule has 4 rings (SSSR count). The van der Waals surface area contributed by atoms with E-state index in [2.05, 4.69) is 37.5 Å². The normalized spacial score (nSPS) is 22.2. The third-order valence-corrected chi connectivity index (χ3v) is 7.86. The number of likely N-dealkylation sites (tertiary alicyclic amines) is 1. The number of hydrogen-bond acceptors (Lipinski definition) is 7. The number of carbonyl (C=O) groups is 3. The van der Waals surface area contributed by atoms with Crippen LogP contribution in [0.2, 0.25) is 0 Å². The highest BCUT2D eigenvalue weighted by Crippen LogP contribution is 2.31. The van der Waals surface area contributed by atoms with E-state index in [1.165, 1.54) is 0 Å². The minimum absolute atomic E-state index is 0.175. The summed E-state index contributed by atoms with van der Waals surface area (Å²) in [6.45, 7) is 9.32. The second-order valence-corrected chi connectivity index (χ2v) is 12.0. The number of carbonyl (C=O) groups excluding carboxylic acids is 3. The predicted octanol–water partition coefficient (Wildman–Crippen LogP) is 3.73. The van der Waals surface area contributed by atoms with Crippen LogP contribution in [0.5, 0.6) is 0 Å². The minimum atomic E-state index is -0.479. The monoisotopic (exact) mass is 578 g/mol. The molecular formula is C27H39BrN4O5. The lowest BCUT2D eigenvalue weighted by Gasteiger charge is -2.38. The Hall–Kier alpha value is -2.17. The number of amides is 3. The first-order chi connectivity index (χ1) is 17.6. The van der Waals surface area contributed by atoms with E-state index >= 15 is 0 Å². The van der Waals surface area contributed by atoms with Crippen LogP contribution in [0.25, 0.3) is 0 Å². The zero-order valence-corrected chi connectivity index (χ0v) is 23.6. The molecule has 1 aromatic rings. The third kappa shape index (κ3) is 7.67. The number of rotatable bonds is 6. The van der Waals surface area contributed by atoms with Gasteiger partial charge in [0.25, 0.3) is 0 Å². The molecule has 9 nitrogen and oxygen atoms in total. The van der Waals surface area contributed by atoms with Crippen molar-refractivity contribution in [3.8, 4) is 0 Å². The summed E-state index contributed by atoms with van der Waals surface area (Å²) in [5.41, 5.74) is 1.78. The molecule has 0 aliphatic carbocycles. The summed E-state index contributed by atoms with van der Waals surface area (Å²) < 4.78 is 12.9. The minimum Gasteiger partial charge on any atom is -0.444 e. The average molecular weight is 580 g/mol. The molecule has 3 aliphatic heterocycles. The maximum atomic E-state index is 12.3. The van der Waals surface area contributed by atoms with E-state index in [1.807, 2.05) is 32.9 Å². The number of nitrogens with zero attached hydrogens (tertiary/aromatic N) is 2. The molecule has 3 amide bonds. The van der Waals surface area contributed by atoms with Gasteiger partial charge in [-0.05, 0) is 65.0 Å². The lowest BCUT2D eigenvalue weighted by Crippen LogP contribution is -2.50. The SMILES string of the molecule is CC(C)(C)OC(=O)N1CCC(OC2CCN(c3cccc(Br)c3CNC3CCC(=O)NC3=O)CC2)CC1. The molecule has 10 heteroatoms. The largest absolute Gasteiger partial charge is 0.444 e. The lowest BCUT2D eigenvalue weighted by molar-refractivity contribution is -0.134. The fourth-order valence-corrected chi connectivity index (χ4v) is 5.63. The summed E-state index contributed by atoms with van der Waals surface area (Å²) >= 11 is 3.69. The lowest BCUT2D eigenvalue weighted by atomic mass is 10.0. The van der Waals surface area contributed by atoms with E-state index in [4.69, 9.17) is 9.47 Å². The van der Waals surface area contributed by atoms with Crippen molar-refractivity contribution < 1.29 is 23.9 Å². The molecular weight excluding hydrogens is 540 g/mol. The van der Waals surface area contributed by atoms with Crippen molar-refractivity contribution in [1.29, 1.82) is 0 Å². The van der Waals surface area contributed by atoms with Gasteiger partial charge in [0, 0.05) is 54.9 Å². The molecule has 1 aromatic carbocycles. The Balaban J connectivity index is 1.25. The van der Waals surface area contributed by atoms with Gasteiger partial charge in [0.1, 0.15) is 5.60 Å². The fraction of sp³-hybridized carbons (Fsp3) is 0.667. The van der Waals surface area contributed by atoms with Gasteiger partial charge in [0.2, 0.25) is 11.8 Å². The van der Waals surface area contributed by atoms with Crippen LogP contribution < -0.4 is 15.5 Å². The van der Waals surface area contributed by atoms with E-state index in [0.29, 0.717) is 32.5 Å². The van der Waals surface area contributed by atoms with Crippen LogP contribution in [-0.4, -0.2) is 72.8 Å². The number of anilines is 1.